The Balaban J connectivity index is 1.53. The van der Waals surface area contributed by atoms with Crippen LogP contribution in [-0.2, 0) is 29.5 Å². The molecule has 3 aromatic rings. The van der Waals surface area contributed by atoms with Crippen LogP contribution in [0, 0.1) is 0 Å². The average Bonchev–Trinajstić information content (AvgIpc) is 3.16. The van der Waals surface area contributed by atoms with Gasteiger partial charge in [-0.15, -0.1) is 0 Å². The van der Waals surface area contributed by atoms with Crippen molar-refractivity contribution in [1.82, 2.24) is 19.5 Å². The largest absolute Gasteiger partial charge is 0.434 e. The third-order valence-corrected chi connectivity index (χ3v) is 6.71. The fourth-order valence-electron chi connectivity index (χ4n) is 3.26. The van der Waals surface area contributed by atoms with Gasteiger partial charge in [-0.3, -0.25) is 18.7 Å². The lowest BCUT2D eigenvalue weighted by atomic mass is 10.1. The van der Waals surface area contributed by atoms with E-state index in [1.807, 2.05) is 19.1 Å². The minimum atomic E-state index is -3.70. The summed E-state index contributed by atoms with van der Waals surface area (Å²) in [4.78, 5) is 12.8. The SMILES string of the molecule is C[C@H](Cn1cnc2c(NP3(=O)OCCC(c4cccc(Cl)c4)O3)ncnc21)OC[PH]=O. The van der Waals surface area contributed by atoms with Crippen molar-refractivity contribution in [3.05, 3.63) is 47.5 Å². The van der Waals surface area contributed by atoms with Crippen LogP contribution in [-0.4, -0.2) is 38.6 Å². The van der Waals surface area contributed by atoms with Crippen LogP contribution in [0.15, 0.2) is 36.9 Å². The summed E-state index contributed by atoms with van der Waals surface area (Å²) in [7, 11) is -4.22. The summed E-state index contributed by atoms with van der Waals surface area (Å²) in [6, 6.07) is 7.23. The molecule has 0 amide bonds. The maximum Gasteiger partial charge on any atom is 0.434 e. The van der Waals surface area contributed by atoms with Gasteiger partial charge in [0.25, 0.3) is 0 Å². The quantitative estimate of drug-likeness (QED) is 0.459. The van der Waals surface area contributed by atoms with Gasteiger partial charge in [-0.2, -0.15) is 0 Å². The van der Waals surface area contributed by atoms with Crippen molar-refractivity contribution in [2.75, 3.05) is 18.0 Å². The summed E-state index contributed by atoms with van der Waals surface area (Å²) in [5.41, 5.74) is 1.78. The van der Waals surface area contributed by atoms with Crippen LogP contribution >= 0.6 is 27.8 Å². The first-order valence-corrected chi connectivity index (χ1v) is 12.6. The van der Waals surface area contributed by atoms with Crippen molar-refractivity contribution in [3.8, 4) is 0 Å². The van der Waals surface area contributed by atoms with Gasteiger partial charge in [0.2, 0.25) is 0 Å². The van der Waals surface area contributed by atoms with Crippen LogP contribution in [0.3, 0.4) is 0 Å². The van der Waals surface area contributed by atoms with Crippen LogP contribution in [0.1, 0.15) is 25.0 Å². The van der Waals surface area contributed by atoms with Crippen molar-refractivity contribution < 1.29 is 22.9 Å². The molecule has 2 aromatic heterocycles. The molecule has 31 heavy (non-hydrogen) atoms. The maximum atomic E-state index is 13.3. The zero-order valence-corrected chi connectivity index (χ0v) is 19.3. The Labute approximate surface area is 185 Å². The summed E-state index contributed by atoms with van der Waals surface area (Å²) in [5.74, 6) is 0.244. The lowest BCUT2D eigenvalue weighted by Crippen LogP contribution is -2.18. The Morgan fingerprint density at radius 1 is 1.42 bits per heavy atom. The average molecular weight is 485 g/mol. The van der Waals surface area contributed by atoms with Crippen LogP contribution in [0.2, 0.25) is 5.02 Å². The van der Waals surface area contributed by atoms with E-state index in [1.165, 1.54) is 6.33 Å². The molecule has 1 N–H and O–H groups in total. The highest BCUT2D eigenvalue weighted by Crippen LogP contribution is 2.55. The summed E-state index contributed by atoms with van der Waals surface area (Å²) in [6.45, 7) is 2.57. The monoisotopic (exact) mass is 484 g/mol. The molecule has 1 saturated heterocycles. The molecule has 165 valence electrons. The molecule has 1 aliphatic heterocycles. The Kier molecular flexibility index (Phi) is 6.96. The number of rotatable bonds is 8. The van der Waals surface area contributed by atoms with Gasteiger partial charge < -0.3 is 9.30 Å². The van der Waals surface area contributed by atoms with Crippen molar-refractivity contribution in [3.63, 3.8) is 0 Å². The van der Waals surface area contributed by atoms with E-state index in [4.69, 9.17) is 25.4 Å². The number of fused-ring (bicyclic) bond motifs is 1. The number of nitrogens with one attached hydrogen (secondary N) is 1. The highest BCUT2D eigenvalue weighted by atomic mass is 35.5. The van der Waals surface area contributed by atoms with Crippen molar-refractivity contribution in [2.24, 2.45) is 0 Å². The Morgan fingerprint density at radius 3 is 3.10 bits per heavy atom. The Morgan fingerprint density at radius 2 is 2.29 bits per heavy atom. The number of anilines is 1. The first-order valence-electron chi connectivity index (χ1n) is 9.56. The predicted molar refractivity (Wildman–Crippen MR) is 117 cm³/mol. The third-order valence-electron chi connectivity index (χ3n) is 4.65. The highest BCUT2D eigenvalue weighted by molar-refractivity contribution is 7.55. The predicted octanol–water partition coefficient (Wildman–Crippen LogP) is 4.56. The van der Waals surface area contributed by atoms with Gasteiger partial charge in [-0.05, 0) is 24.6 Å². The van der Waals surface area contributed by atoms with Crippen molar-refractivity contribution >= 4 is 44.8 Å². The van der Waals surface area contributed by atoms with Crippen LogP contribution in [0.25, 0.3) is 11.2 Å². The number of imidazole rings is 1. The number of hydrogen-bond acceptors (Lipinski definition) is 8. The van der Waals surface area contributed by atoms with Crippen LogP contribution < -0.4 is 5.09 Å². The third kappa shape index (κ3) is 5.29. The first kappa shape index (κ1) is 22.3. The second-order valence-electron chi connectivity index (χ2n) is 6.94. The van der Waals surface area contributed by atoms with E-state index >= 15 is 0 Å². The molecule has 10 nitrogen and oxygen atoms in total. The van der Waals surface area contributed by atoms with E-state index in [9.17, 15) is 9.13 Å². The zero-order valence-electron chi connectivity index (χ0n) is 16.6. The fourth-order valence-corrected chi connectivity index (χ4v) is 5.32. The van der Waals surface area contributed by atoms with E-state index in [1.54, 1.807) is 23.0 Å². The van der Waals surface area contributed by atoms with E-state index in [0.717, 1.165) is 5.56 Å². The van der Waals surface area contributed by atoms with Gasteiger partial charge in [-0.1, -0.05) is 23.7 Å². The Bertz CT molecular complexity index is 1130. The smallest absolute Gasteiger partial charge is 0.366 e. The molecule has 3 heterocycles. The molecule has 4 atom stereocenters. The number of halogens is 1. The number of hydrogen-bond donors (Lipinski definition) is 1. The summed E-state index contributed by atoms with van der Waals surface area (Å²) in [6.07, 6.45) is 3.03. The van der Waals surface area contributed by atoms with Crippen LogP contribution in [0.4, 0.5) is 5.82 Å². The minimum absolute atomic E-state index is 0.168. The number of benzene rings is 1. The molecular weight excluding hydrogens is 464 g/mol. The molecule has 1 aliphatic rings. The topological polar surface area (TPSA) is 117 Å². The molecule has 0 aliphatic carbocycles. The molecule has 1 aromatic carbocycles. The second kappa shape index (κ2) is 9.69. The first-order chi connectivity index (χ1) is 15.0. The molecule has 0 bridgehead atoms. The number of ether oxygens (including phenoxy) is 1. The molecular formula is C18H21ClN5O5P2. The number of aromatic nitrogens is 4. The lowest BCUT2D eigenvalue weighted by Gasteiger charge is -2.30. The summed E-state index contributed by atoms with van der Waals surface area (Å²) < 4.78 is 42.4. The Hall–Kier alpha value is -1.93. The zero-order chi connectivity index (χ0) is 21.8. The van der Waals surface area contributed by atoms with Gasteiger partial charge in [0.05, 0.1) is 40.1 Å². The minimum Gasteiger partial charge on any atom is -0.366 e. The van der Waals surface area contributed by atoms with Gasteiger partial charge in [-0.25, -0.2) is 19.5 Å². The van der Waals surface area contributed by atoms with Crippen molar-refractivity contribution in [2.45, 2.75) is 32.1 Å². The fraction of sp³-hybridized carbons (Fsp3) is 0.389. The molecule has 4 rings (SSSR count). The van der Waals surface area contributed by atoms with Gasteiger partial charge >= 0.3 is 7.75 Å². The summed E-state index contributed by atoms with van der Waals surface area (Å²) >= 11 is 6.07. The second-order valence-corrected chi connectivity index (χ2v) is 9.64. The molecule has 1 fully saturated rings. The van der Waals surface area contributed by atoms with E-state index in [2.05, 4.69) is 20.0 Å². The lowest BCUT2D eigenvalue weighted by molar-refractivity contribution is 0.0842. The summed E-state index contributed by atoms with van der Waals surface area (Å²) in [5, 5.41) is 3.37. The normalized spacial score (nSPS) is 22.6. The van der Waals surface area contributed by atoms with Crippen LogP contribution in [0.5, 0.6) is 0 Å². The van der Waals surface area contributed by atoms with Crippen molar-refractivity contribution in [1.29, 1.82) is 0 Å². The van der Waals surface area contributed by atoms with Gasteiger partial charge in [0.1, 0.15) is 12.7 Å². The highest BCUT2D eigenvalue weighted by Gasteiger charge is 2.36. The molecule has 13 heteroatoms. The number of nitrogens with zero attached hydrogens (tertiary/aromatic N) is 4. The van der Waals surface area contributed by atoms with Gasteiger partial charge in [0.15, 0.2) is 17.0 Å². The standard InChI is InChI=1S/C18H21ClN5O5P2/c1-12(27-11-30-25)8-24-10-22-16-17(20-9-21-18(16)24)23-31(26)28-6-5-15(29-31)13-3-2-4-14(19)7-13/h2-4,7,9-10,12,15,30H,5-6,8,11H2,1H3,(H,20,21,23,26)/t12-,15?,31?/m1/s1. The molecule has 0 spiro atoms. The molecule has 0 saturated carbocycles. The maximum absolute atomic E-state index is 13.3. The van der Waals surface area contributed by atoms with E-state index < -0.39 is 22.3 Å². The molecule has 1 radical (unpaired) electrons. The van der Waals surface area contributed by atoms with E-state index in [0.29, 0.717) is 29.2 Å². The van der Waals surface area contributed by atoms with E-state index in [-0.39, 0.29) is 24.9 Å². The molecule has 3 unspecified atom stereocenters. The van der Waals surface area contributed by atoms with Gasteiger partial charge in [0, 0.05) is 11.4 Å².